The minimum atomic E-state index is 0.0567. The molecule has 0 saturated carbocycles. The van der Waals surface area contributed by atoms with Crippen LogP contribution in [-0.4, -0.2) is 10.8 Å². The van der Waals surface area contributed by atoms with Crippen molar-refractivity contribution < 1.29 is 4.79 Å². The highest BCUT2D eigenvalue weighted by atomic mass is 79.9. The first-order valence-electron chi connectivity index (χ1n) is 5.36. The first-order chi connectivity index (χ1) is 8.16. The van der Waals surface area contributed by atoms with Gasteiger partial charge in [-0.15, -0.1) is 0 Å². The number of benzene rings is 1. The topological polar surface area (TPSA) is 30.0 Å². The third-order valence-corrected chi connectivity index (χ3v) is 3.02. The van der Waals surface area contributed by atoms with Crippen LogP contribution in [-0.2, 0) is 6.42 Å². The Morgan fingerprint density at radius 2 is 2.12 bits per heavy atom. The van der Waals surface area contributed by atoms with Gasteiger partial charge in [0, 0.05) is 17.1 Å². The Kier molecular flexibility index (Phi) is 3.69. The van der Waals surface area contributed by atoms with Crippen molar-refractivity contribution >= 4 is 21.7 Å². The van der Waals surface area contributed by atoms with E-state index in [9.17, 15) is 4.79 Å². The molecule has 1 aromatic heterocycles. The zero-order valence-corrected chi connectivity index (χ0v) is 11.1. The molecule has 0 fully saturated rings. The molecule has 86 valence electrons. The molecular formula is C14H12BrNO. The monoisotopic (exact) mass is 289 g/mol. The molecule has 2 aromatic rings. The van der Waals surface area contributed by atoms with Crippen molar-refractivity contribution in [1.29, 1.82) is 0 Å². The molecule has 3 heteroatoms. The maximum absolute atomic E-state index is 12.1. The number of rotatable bonds is 3. The van der Waals surface area contributed by atoms with Crippen molar-refractivity contribution in [1.82, 2.24) is 4.98 Å². The van der Waals surface area contributed by atoms with Gasteiger partial charge in [0.15, 0.2) is 5.78 Å². The first kappa shape index (κ1) is 12.0. The molecule has 0 aliphatic carbocycles. The molecule has 0 N–H and O–H groups in total. The second-order valence-electron chi connectivity index (χ2n) is 3.90. The Morgan fingerprint density at radius 3 is 2.82 bits per heavy atom. The molecule has 2 nitrogen and oxygen atoms in total. The van der Waals surface area contributed by atoms with E-state index < -0.39 is 0 Å². The summed E-state index contributed by atoms with van der Waals surface area (Å²) in [6, 6.07) is 11.5. The predicted molar refractivity (Wildman–Crippen MR) is 71.2 cm³/mol. The molecule has 17 heavy (non-hydrogen) atoms. The van der Waals surface area contributed by atoms with E-state index in [4.69, 9.17) is 0 Å². The highest BCUT2D eigenvalue weighted by Gasteiger charge is 2.10. The van der Waals surface area contributed by atoms with Crippen molar-refractivity contribution in [2.24, 2.45) is 0 Å². The molecule has 0 spiro atoms. The third kappa shape index (κ3) is 3.01. The summed E-state index contributed by atoms with van der Waals surface area (Å²) in [5.41, 5.74) is 2.48. The molecule has 0 bridgehead atoms. The molecule has 0 atom stereocenters. The molecule has 0 unspecified atom stereocenters. The minimum absolute atomic E-state index is 0.0567. The van der Waals surface area contributed by atoms with Gasteiger partial charge in [0.1, 0.15) is 5.69 Å². The molecule has 1 heterocycles. The first-order valence-corrected chi connectivity index (χ1v) is 6.15. The van der Waals surface area contributed by atoms with E-state index in [0.29, 0.717) is 12.1 Å². The highest BCUT2D eigenvalue weighted by Crippen LogP contribution is 2.14. The van der Waals surface area contributed by atoms with E-state index in [-0.39, 0.29) is 5.78 Å². The number of halogens is 1. The van der Waals surface area contributed by atoms with Gasteiger partial charge in [-0.3, -0.25) is 9.78 Å². The van der Waals surface area contributed by atoms with Crippen molar-refractivity contribution in [2.75, 3.05) is 0 Å². The molecule has 2 rings (SSSR count). The van der Waals surface area contributed by atoms with E-state index in [1.165, 1.54) is 0 Å². The van der Waals surface area contributed by atoms with Crippen molar-refractivity contribution in [3.8, 4) is 0 Å². The fraction of sp³-hybridized carbons (Fsp3) is 0.143. The lowest BCUT2D eigenvalue weighted by Crippen LogP contribution is -2.07. The zero-order valence-electron chi connectivity index (χ0n) is 9.48. The Balaban J connectivity index is 2.20. The van der Waals surface area contributed by atoms with Crippen LogP contribution in [0.2, 0.25) is 0 Å². The second-order valence-corrected chi connectivity index (χ2v) is 4.81. The Bertz CT molecular complexity index is 551. The number of hydrogen-bond donors (Lipinski definition) is 0. The number of pyridine rings is 1. The van der Waals surface area contributed by atoms with Crippen LogP contribution >= 0.6 is 15.9 Å². The number of carbonyl (C=O) groups excluding carboxylic acids is 1. The number of Topliss-reactive ketones (excluding diaryl/α,β-unsaturated/α-hetero) is 1. The van der Waals surface area contributed by atoms with Crippen LogP contribution < -0.4 is 0 Å². The molecule has 0 aliphatic rings. The second kappa shape index (κ2) is 5.23. The Labute approximate surface area is 109 Å². The standard InChI is InChI=1S/C14H12BrNO/c1-10-4-3-7-16-14(10)13(17)9-11-5-2-6-12(15)8-11/h2-8H,9H2,1H3. The molecule has 0 amide bonds. The molecule has 0 aliphatic heterocycles. The quantitative estimate of drug-likeness (QED) is 0.809. The summed E-state index contributed by atoms with van der Waals surface area (Å²) < 4.78 is 0.987. The lowest BCUT2D eigenvalue weighted by molar-refractivity contribution is 0.0987. The fourth-order valence-corrected chi connectivity index (χ4v) is 2.14. The van der Waals surface area contributed by atoms with Gasteiger partial charge in [-0.2, -0.15) is 0 Å². The summed E-state index contributed by atoms with van der Waals surface area (Å²) in [6.07, 6.45) is 2.04. The summed E-state index contributed by atoms with van der Waals surface area (Å²) in [5, 5.41) is 0. The van der Waals surface area contributed by atoms with E-state index in [1.54, 1.807) is 6.20 Å². The van der Waals surface area contributed by atoms with Gasteiger partial charge < -0.3 is 0 Å². The van der Waals surface area contributed by atoms with Gasteiger partial charge >= 0.3 is 0 Å². The largest absolute Gasteiger partial charge is 0.292 e. The highest BCUT2D eigenvalue weighted by molar-refractivity contribution is 9.10. The van der Waals surface area contributed by atoms with Gasteiger partial charge in [-0.05, 0) is 36.2 Å². The maximum atomic E-state index is 12.1. The van der Waals surface area contributed by atoms with Gasteiger partial charge in [0.2, 0.25) is 0 Å². The number of hydrogen-bond acceptors (Lipinski definition) is 2. The number of nitrogens with zero attached hydrogens (tertiary/aromatic N) is 1. The summed E-state index contributed by atoms with van der Waals surface area (Å²) in [4.78, 5) is 16.2. The van der Waals surface area contributed by atoms with E-state index in [0.717, 1.165) is 15.6 Å². The van der Waals surface area contributed by atoms with Crippen LogP contribution in [0.1, 0.15) is 21.6 Å². The molecular weight excluding hydrogens is 278 g/mol. The van der Waals surface area contributed by atoms with Crippen molar-refractivity contribution in [2.45, 2.75) is 13.3 Å². The number of ketones is 1. The van der Waals surface area contributed by atoms with Crippen molar-refractivity contribution in [3.05, 3.63) is 63.9 Å². The normalized spacial score (nSPS) is 10.2. The summed E-state index contributed by atoms with van der Waals surface area (Å²) in [7, 11) is 0. The van der Waals surface area contributed by atoms with Crippen LogP contribution in [0.3, 0.4) is 0 Å². The van der Waals surface area contributed by atoms with Gasteiger partial charge in [-0.25, -0.2) is 0 Å². The molecule has 0 saturated heterocycles. The average Bonchev–Trinajstić information content (AvgIpc) is 2.29. The molecule has 1 aromatic carbocycles. The van der Waals surface area contributed by atoms with Crippen LogP contribution in [0.5, 0.6) is 0 Å². The van der Waals surface area contributed by atoms with Crippen LogP contribution in [0.15, 0.2) is 47.1 Å². The minimum Gasteiger partial charge on any atom is -0.292 e. The smallest absolute Gasteiger partial charge is 0.185 e. The molecule has 0 radical (unpaired) electrons. The maximum Gasteiger partial charge on any atom is 0.185 e. The van der Waals surface area contributed by atoms with Gasteiger partial charge in [0.25, 0.3) is 0 Å². The summed E-state index contributed by atoms with van der Waals surface area (Å²) in [5.74, 6) is 0.0567. The number of aromatic nitrogens is 1. The van der Waals surface area contributed by atoms with Crippen LogP contribution in [0, 0.1) is 6.92 Å². The Hall–Kier alpha value is -1.48. The average molecular weight is 290 g/mol. The summed E-state index contributed by atoms with van der Waals surface area (Å²) >= 11 is 3.40. The summed E-state index contributed by atoms with van der Waals surface area (Å²) in [6.45, 7) is 1.90. The fourth-order valence-electron chi connectivity index (χ4n) is 1.69. The van der Waals surface area contributed by atoms with Gasteiger partial charge in [-0.1, -0.05) is 34.1 Å². The van der Waals surface area contributed by atoms with Crippen LogP contribution in [0.25, 0.3) is 0 Å². The number of aryl methyl sites for hydroxylation is 1. The predicted octanol–water partition coefficient (Wildman–Crippen LogP) is 3.58. The van der Waals surface area contributed by atoms with Crippen molar-refractivity contribution in [3.63, 3.8) is 0 Å². The zero-order chi connectivity index (χ0) is 12.3. The van der Waals surface area contributed by atoms with E-state index >= 15 is 0 Å². The lowest BCUT2D eigenvalue weighted by atomic mass is 10.0. The Morgan fingerprint density at radius 1 is 1.29 bits per heavy atom. The number of carbonyl (C=O) groups is 1. The van der Waals surface area contributed by atoms with Crippen LogP contribution in [0.4, 0.5) is 0 Å². The van der Waals surface area contributed by atoms with E-state index in [1.807, 2.05) is 43.3 Å². The van der Waals surface area contributed by atoms with Gasteiger partial charge in [0.05, 0.1) is 0 Å². The lowest BCUT2D eigenvalue weighted by Gasteiger charge is -2.04. The van der Waals surface area contributed by atoms with E-state index in [2.05, 4.69) is 20.9 Å². The SMILES string of the molecule is Cc1cccnc1C(=O)Cc1cccc(Br)c1. The third-order valence-electron chi connectivity index (χ3n) is 2.53.